The second-order valence-electron chi connectivity index (χ2n) is 4.36. The molecule has 2 unspecified atom stereocenters. The highest BCUT2D eigenvalue weighted by Crippen LogP contribution is 2.16. The van der Waals surface area contributed by atoms with Gasteiger partial charge in [0.2, 0.25) is 0 Å². The summed E-state index contributed by atoms with van der Waals surface area (Å²) in [6, 6.07) is -0.142. The maximum Gasteiger partial charge on any atom is 0.317 e. The van der Waals surface area contributed by atoms with Gasteiger partial charge in [-0.3, -0.25) is 4.79 Å². The number of likely N-dealkylation sites (tertiary alicyclic amines) is 1. The quantitative estimate of drug-likeness (QED) is 0.798. The first-order valence-corrected chi connectivity index (χ1v) is 7.11. The van der Waals surface area contributed by atoms with Crippen LogP contribution in [0.5, 0.6) is 0 Å². The van der Waals surface area contributed by atoms with Crippen LogP contribution in [0.15, 0.2) is 0 Å². The first-order valence-electron chi connectivity index (χ1n) is 5.83. The summed E-state index contributed by atoms with van der Waals surface area (Å²) in [4.78, 5) is 24.3. The molecule has 1 aliphatic rings. The highest BCUT2D eigenvalue weighted by Gasteiger charge is 2.27. The summed E-state index contributed by atoms with van der Waals surface area (Å²) in [6.45, 7) is 3.65. The second kappa shape index (κ2) is 6.74. The molecule has 2 amide bonds. The summed E-state index contributed by atoms with van der Waals surface area (Å²) in [5.74, 6) is -1.22. The van der Waals surface area contributed by atoms with Crippen LogP contribution in [-0.4, -0.2) is 53.1 Å². The summed E-state index contributed by atoms with van der Waals surface area (Å²) >= 11 is 1.69. The fraction of sp³-hybridized carbons (Fsp3) is 0.818. The molecule has 1 fully saturated rings. The van der Waals surface area contributed by atoms with Crippen LogP contribution < -0.4 is 5.32 Å². The van der Waals surface area contributed by atoms with Crippen molar-refractivity contribution in [1.82, 2.24) is 10.2 Å². The molecule has 0 spiro atoms. The summed E-state index contributed by atoms with van der Waals surface area (Å²) in [7, 11) is 0. The Morgan fingerprint density at radius 2 is 2.29 bits per heavy atom. The zero-order valence-corrected chi connectivity index (χ0v) is 11.1. The number of nitrogens with zero attached hydrogens (tertiary/aromatic N) is 1. The van der Waals surface area contributed by atoms with Gasteiger partial charge in [-0.1, -0.05) is 6.92 Å². The first-order chi connectivity index (χ1) is 8.04. The van der Waals surface area contributed by atoms with E-state index < -0.39 is 11.9 Å². The lowest BCUT2D eigenvalue weighted by Gasteiger charge is -2.31. The number of carboxylic acid groups (broad SMARTS) is 1. The molecular formula is C11H20N2O3S. The summed E-state index contributed by atoms with van der Waals surface area (Å²) in [6.07, 6.45) is 3.43. The third-order valence-electron chi connectivity index (χ3n) is 3.00. The van der Waals surface area contributed by atoms with Crippen LogP contribution in [0.25, 0.3) is 0 Å². The Morgan fingerprint density at radius 3 is 2.88 bits per heavy atom. The molecule has 1 rings (SSSR count). The van der Waals surface area contributed by atoms with Gasteiger partial charge in [0.25, 0.3) is 0 Å². The van der Waals surface area contributed by atoms with Gasteiger partial charge in [-0.2, -0.15) is 11.8 Å². The van der Waals surface area contributed by atoms with E-state index in [0.717, 1.165) is 6.42 Å². The van der Waals surface area contributed by atoms with Crippen LogP contribution in [0.1, 0.15) is 19.8 Å². The van der Waals surface area contributed by atoms with Crippen molar-refractivity contribution in [3.05, 3.63) is 0 Å². The maximum atomic E-state index is 11.8. The van der Waals surface area contributed by atoms with Crippen LogP contribution in [0.3, 0.4) is 0 Å². The average Bonchev–Trinajstić information content (AvgIpc) is 2.35. The lowest BCUT2D eigenvalue weighted by Crippen LogP contribution is -2.48. The normalized spacial score (nSPS) is 22.0. The molecule has 0 aromatic rings. The van der Waals surface area contributed by atoms with Gasteiger partial charge in [0.15, 0.2) is 0 Å². The Hall–Kier alpha value is -0.910. The molecule has 1 aliphatic heterocycles. The number of hydrogen-bond acceptors (Lipinski definition) is 3. The van der Waals surface area contributed by atoms with Crippen LogP contribution in [0.2, 0.25) is 0 Å². The van der Waals surface area contributed by atoms with E-state index in [1.807, 2.05) is 13.2 Å². The number of thioether (sulfide) groups is 1. The topological polar surface area (TPSA) is 69.6 Å². The van der Waals surface area contributed by atoms with Gasteiger partial charge in [0.1, 0.15) is 0 Å². The van der Waals surface area contributed by atoms with Crippen LogP contribution in [0.4, 0.5) is 4.79 Å². The van der Waals surface area contributed by atoms with E-state index in [4.69, 9.17) is 5.11 Å². The van der Waals surface area contributed by atoms with Crippen molar-refractivity contribution in [3.8, 4) is 0 Å². The van der Waals surface area contributed by atoms with Crippen LogP contribution >= 0.6 is 11.8 Å². The highest BCUT2D eigenvalue weighted by molar-refractivity contribution is 7.99. The number of piperidine rings is 1. The van der Waals surface area contributed by atoms with Gasteiger partial charge < -0.3 is 15.3 Å². The van der Waals surface area contributed by atoms with Crippen molar-refractivity contribution in [2.24, 2.45) is 5.92 Å². The number of carbonyl (C=O) groups excluding carboxylic acids is 1. The van der Waals surface area contributed by atoms with E-state index in [1.165, 1.54) is 0 Å². The maximum absolute atomic E-state index is 11.8. The fourth-order valence-corrected chi connectivity index (χ4v) is 2.04. The molecule has 1 saturated heterocycles. The predicted molar refractivity (Wildman–Crippen MR) is 68.3 cm³/mol. The largest absolute Gasteiger partial charge is 0.481 e. The van der Waals surface area contributed by atoms with Crippen molar-refractivity contribution < 1.29 is 14.7 Å². The standard InChI is InChI=1S/C11H20N2O3S/c1-8(17-2)6-12-11(16)13-5-3-4-9(7-13)10(14)15/h8-9H,3-7H2,1-2H3,(H,12,16)(H,14,15). The molecule has 0 saturated carbocycles. The minimum Gasteiger partial charge on any atom is -0.481 e. The number of hydrogen-bond donors (Lipinski definition) is 2. The van der Waals surface area contributed by atoms with Gasteiger partial charge in [0.05, 0.1) is 5.92 Å². The van der Waals surface area contributed by atoms with E-state index in [2.05, 4.69) is 5.32 Å². The number of aliphatic carboxylic acids is 1. The van der Waals surface area contributed by atoms with Gasteiger partial charge in [-0.15, -0.1) is 0 Å². The smallest absolute Gasteiger partial charge is 0.317 e. The molecule has 2 atom stereocenters. The Morgan fingerprint density at radius 1 is 1.59 bits per heavy atom. The lowest BCUT2D eigenvalue weighted by molar-refractivity contribution is -0.143. The van der Waals surface area contributed by atoms with Crippen molar-refractivity contribution in [2.45, 2.75) is 25.0 Å². The van der Waals surface area contributed by atoms with Gasteiger partial charge in [0, 0.05) is 24.9 Å². The number of amides is 2. The van der Waals surface area contributed by atoms with E-state index in [-0.39, 0.29) is 6.03 Å². The molecular weight excluding hydrogens is 240 g/mol. The average molecular weight is 260 g/mol. The molecule has 0 aromatic heterocycles. The summed E-state index contributed by atoms with van der Waals surface area (Å²) in [5.41, 5.74) is 0. The van der Waals surface area contributed by atoms with E-state index in [9.17, 15) is 9.59 Å². The molecule has 17 heavy (non-hydrogen) atoms. The molecule has 98 valence electrons. The Bertz CT molecular complexity index is 286. The summed E-state index contributed by atoms with van der Waals surface area (Å²) < 4.78 is 0. The number of rotatable bonds is 4. The summed E-state index contributed by atoms with van der Waals surface area (Å²) in [5, 5.41) is 12.1. The third kappa shape index (κ3) is 4.46. The highest BCUT2D eigenvalue weighted by atomic mass is 32.2. The fourth-order valence-electron chi connectivity index (χ4n) is 1.79. The van der Waals surface area contributed by atoms with Crippen LogP contribution in [0, 0.1) is 5.92 Å². The molecule has 2 N–H and O–H groups in total. The minimum absolute atomic E-state index is 0.142. The van der Waals surface area contributed by atoms with Crippen molar-refractivity contribution in [3.63, 3.8) is 0 Å². The van der Waals surface area contributed by atoms with Crippen molar-refractivity contribution in [2.75, 3.05) is 25.9 Å². The molecule has 0 bridgehead atoms. The predicted octanol–water partition coefficient (Wildman–Crippen LogP) is 1.24. The molecule has 0 radical (unpaired) electrons. The molecule has 1 heterocycles. The molecule has 6 heteroatoms. The van der Waals surface area contributed by atoms with E-state index in [1.54, 1.807) is 16.7 Å². The number of nitrogens with one attached hydrogen (secondary N) is 1. The Labute approximate surface area is 106 Å². The van der Waals surface area contributed by atoms with Gasteiger partial charge >= 0.3 is 12.0 Å². The van der Waals surface area contributed by atoms with E-state index in [0.29, 0.717) is 31.3 Å². The van der Waals surface area contributed by atoms with Gasteiger partial charge in [-0.05, 0) is 19.1 Å². The van der Waals surface area contributed by atoms with Crippen molar-refractivity contribution in [1.29, 1.82) is 0 Å². The van der Waals surface area contributed by atoms with E-state index >= 15 is 0 Å². The Kier molecular flexibility index (Phi) is 5.61. The zero-order valence-electron chi connectivity index (χ0n) is 10.3. The van der Waals surface area contributed by atoms with Gasteiger partial charge in [-0.25, -0.2) is 4.79 Å². The van der Waals surface area contributed by atoms with Crippen LogP contribution in [-0.2, 0) is 4.79 Å². The number of carboxylic acids is 1. The second-order valence-corrected chi connectivity index (χ2v) is 5.63. The minimum atomic E-state index is -0.806. The molecule has 0 aliphatic carbocycles. The molecule has 5 nitrogen and oxygen atoms in total. The SMILES string of the molecule is CSC(C)CNC(=O)N1CCCC(C(=O)O)C1. The Balaban J connectivity index is 2.38. The molecule has 0 aromatic carbocycles. The first kappa shape index (κ1) is 14.2. The number of urea groups is 1. The van der Waals surface area contributed by atoms with Crippen molar-refractivity contribution >= 4 is 23.8 Å². The zero-order chi connectivity index (χ0) is 12.8. The third-order valence-corrected chi connectivity index (χ3v) is 3.97. The lowest BCUT2D eigenvalue weighted by atomic mass is 9.99. The number of carbonyl (C=O) groups is 2. The monoisotopic (exact) mass is 260 g/mol.